The molecular weight excluding hydrogens is 248 g/mol. The molecule has 1 amide bonds. The molecule has 1 aliphatic heterocycles. The summed E-state index contributed by atoms with van der Waals surface area (Å²) in [5, 5.41) is 10.5. The summed E-state index contributed by atoms with van der Waals surface area (Å²) in [4.78, 5) is 12.0. The van der Waals surface area contributed by atoms with Crippen molar-refractivity contribution >= 4 is 17.2 Å². The number of thiophene rings is 1. The van der Waals surface area contributed by atoms with Gasteiger partial charge in [0, 0.05) is 12.6 Å². The van der Waals surface area contributed by atoms with E-state index in [0.29, 0.717) is 19.8 Å². The molecule has 1 fully saturated rings. The Morgan fingerprint density at radius 2 is 2.44 bits per heavy atom. The smallest absolute Gasteiger partial charge is 0.227 e. The summed E-state index contributed by atoms with van der Waals surface area (Å²) in [6, 6.07) is 2.26. The van der Waals surface area contributed by atoms with E-state index in [9.17, 15) is 4.79 Å². The second-order valence-corrected chi connectivity index (χ2v) is 5.26. The summed E-state index contributed by atoms with van der Waals surface area (Å²) in [6.45, 7) is 4.78. The normalized spacial score (nSPS) is 23.2. The Morgan fingerprint density at radius 3 is 3.17 bits per heavy atom. The highest BCUT2D eigenvalue weighted by molar-refractivity contribution is 7.07. The van der Waals surface area contributed by atoms with Crippen LogP contribution in [0, 0.1) is 5.92 Å². The fourth-order valence-corrected chi connectivity index (χ4v) is 2.88. The van der Waals surface area contributed by atoms with Crippen LogP contribution in [0.15, 0.2) is 16.8 Å². The summed E-state index contributed by atoms with van der Waals surface area (Å²) in [5.74, 6) is 0.0566. The molecule has 5 heteroatoms. The Morgan fingerprint density at radius 1 is 1.56 bits per heavy atom. The Balaban J connectivity index is 1.73. The third kappa shape index (κ3) is 3.54. The first kappa shape index (κ1) is 13.5. The van der Waals surface area contributed by atoms with Crippen molar-refractivity contribution < 1.29 is 9.53 Å². The van der Waals surface area contributed by atoms with Gasteiger partial charge < -0.3 is 15.4 Å². The van der Waals surface area contributed by atoms with Crippen LogP contribution >= 0.6 is 11.3 Å². The van der Waals surface area contributed by atoms with Crippen molar-refractivity contribution in [3.05, 3.63) is 22.4 Å². The number of carbonyl (C=O) groups is 1. The minimum absolute atomic E-state index is 0.0487. The first-order valence-corrected chi connectivity index (χ1v) is 7.35. The zero-order valence-electron chi connectivity index (χ0n) is 10.6. The lowest BCUT2D eigenvalue weighted by Crippen LogP contribution is -2.44. The fourth-order valence-electron chi connectivity index (χ4n) is 2.17. The molecule has 2 rings (SSSR count). The predicted octanol–water partition coefficient (Wildman–Crippen LogP) is 1.03. The molecule has 0 bridgehead atoms. The number of rotatable bonds is 6. The van der Waals surface area contributed by atoms with E-state index in [4.69, 9.17) is 4.74 Å². The SMILES string of the molecule is CCNC1COCC1C(=O)NCCc1ccsc1. The zero-order chi connectivity index (χ0) is 12.8. The van der Waals surface area contributed by atoms with Crippen molar-refractivity contribution in [2.75, 3.05) is 26.3 Å². The first-order valence-electron chi connectivity index (χ1n) is 6.41. The number of carbonyl (C=O) groups excluding carboxylic acids is 1. The van der Waals surface area contributed by atoms with Crippen molar-refractivity contribution in [3.8, 4) is 0 Å². The first-order chi connectivity index (χ1) is 8.81. The average molecular weight is 268 g/mol. The second-order valence-electron chi connectivity index (χ2n) is 4.48. The van der Waals surface area contributed by atoms with Crippen molar-refractivity contribution in [2.45, 2.75) is 19.4 Å². The highest BCUT2D eigenvalue weighted by atomic mass is 32.1. The largest absolute Gasteiger partial charge is 0.379 e. The summed E-state index contributed by atoms with van der Waals surface area (Å²) in [7, 11) is 0. The van der Waals surface area contributed by atoms with Gasteiger partial charge in [0.15, 0.2) is 0 Å². The van der Waals surface area contributed by atoms with Gasteiger partial charge in [0.25, 0.3) is 0 Å². The molecule has 0 aliphatic carbocycles. The fraction of sp³-hybridized carbons (Fsp3) is 0.615. The quantitative estimate of drug-likeness (QED) is 0.810. The van der Waals surface area contributed by atoms with Gasteiger partial charge in [-0.05, 0) is 35.4 Å². The van der Waals surface area contributed by atoms with Crippen LogP contribution in [0.25, 0.3) is 0 Å². The van der Waals surface area contributed by atoms with Crippen LogP contribution in [0.3, 0.4) is 0 Å². The van der Waals surface area contributed by atoms with Crippen LogP contribution in [-0.4, -0.2) is 38.3 Å². The number of hydrogen-bond donors (Lipinski definition) is 2. The number of amides is 1. The molecule has 1 saturated heterocycles. The predicted molar refractivity (Wildman–Crippen MR) is 72.8 cm³/mol. The molecular formula is C13H20N2O2S. The molecule has 0 saturated carbocycles. The summed E-state index contributed by atoms with van der Waals surface area (Å²) in [5.41, 5.74) is 1.28. The van der Waals surface area contributed by atoms with Gasteiger partial charge in [-0.25, -0.2) is 0 Å². The van der Waals surface area contributed by atoms with E-state index in [0.717, 1.165) is 13.0 Å². The summed E-state index contributed by atoms with van der Waals surface area (Å²) >= 11 is 1.69. The Labute approximate surface area is 112 Å². The molecule has 1 aliphatic rings. The van der Waals surface area contributed by atoms with Crippen LogP contribution < -0.4 is 10.6 Å². The van der Waals surface area contributed by atoms with Crippen molar-refractivity contribution in [1.82, 2.24) is 10.6 Å². The van der Waals surface area contributed by atoms with Crippen molar-refractivity contribution in [3.63, 3.8) is 0 Å². The molecule has 0 radical (unpaired) electrons. The monoisotopic (exact) mass is 268 g/mol. The molecule has 2 unspecified atom stereocenters. The minimum atomic E-state index is -0.0487. The van der Waals surface area contributed by atoms with Crippen LogP contribution in [0.5, 0.6) is 0 Å². The third-order valence-electron chi connectivity index (χ3n) is 3.18. The maximum Gasteiger partial charge on any atom is 0.227 e. The molecule has 0 spiro atoms. The zero-order valence-corrected chi connectivity index (χ0v) is 11.5. The average Bonchev–Trinajstić information content (AvgIpc) is 3.00. The molecule has 1 aromatic heterocycles. The van der Waals surface area contributed by atoms with Crippen LogP contribution in [0.1, 0.15) is 12.5 Å². The van der Waals surface area contributed by atoms with Crippen LogP contribution in [0.2, 0.25) is 0 Å². The molecule has 0 aromatic carbocycles. The lowest BCUT2D eigenvalue weighted by atomic mass is 10.0. The highest BCUT2D eigenvalue weighted by Crippen LogP contribution is 2.14. The molecule has 2 N–H and O–H groups in total. The maximum absolute atomic E-state index is 12.0. The molecule has 1 aromatic rings. The molecule has 18 heavy (non-hydrogen) atoms. The number of hydrogen-bond acceptors (Lipinski definition) is 4. The molecule has 2 atom stereocenters. The Kier molecular flexibility index (Phi) is 5.16. The standard InChI is InChI=1S/C13H20N2O2S/c1-2-14-12-8-17-7-11(12)13(16)15-5-3-10-4-6-18-9-10/h4,6,9,11-12,14H,2-3,5,7-8H2,1H3,(H,15,16). The highest BCUT2D eigenvalue weighted by Gasteiger charge is 2.33. The Bertz CT molecular complexity index is 367. The van der Waals surface area contributed by atoms with E-state index in [-0.39, 0.29) is 17.9 Å². The summed E-state index contributed by atoms with van der Waals surface area (Å²) < 4.78 is 5.37. The van der Waals surface area contributed by atoms with Gasteiger partial charge in [-0.1, -0.05) is 6.92 Å². The van der Waals surface area contributed by atoms with Crippen molar-refractivity contribution in [1.29, 1.82) is 0 Å². The molecule has 2 heterocycles. The van der Waals surface area contributed by atoms with Gasteiger partial charge in [0.2, 0.25) is 5.91 Å². The third-order valence-corrected chi connectivity index (χ3v) is 3.91. The van der Waals surface area contributed by atoms with Crippen LogP contribution in [-0.2, 0) is 16.0 Å². The van der Waals surface area contributed by atoms with Gasteiger partial charge in [-0.3, -0.25) is 4.79 Å². The van der Waals surface area contributed by atoms with Crippen LogP contribution in [0.4, 0.5) is 0 Å². The number of likely N-dealkylation sites (N-methyl/N-ethyl adjacent to an activating group) is 1. The number of nitrogens with one attached hydrogen (secondary N) is 2. The van der Waals surface area contributed by atoms with Gasteiger partial charge in [-0.15, -0.1) is 0 Å². The topological polar surface area (TPSA) is 50.4 Å². The maximum atomic E-state index is 12.0. The lowest BCUT2D eigenvalue weighted by molar-refractivity contribution is -0.125. The lowest BCUT2D eigenvalue weighted by Gasteiger charge is -2.17. The molecule has 4 nitrogen and oxygen atoms in total. The van der Waals surface area contributed by atoms with E-state index in [1.165, 1.54) is 5.56 Å². The summed E-state index contributed by atoms with van der Waals surface area (Å²) in [6.07, 6.45) is 0.898. The molecule has 100 valence electrons. The van der Waals surface area contributed by atoms with Crippen molar-refractivity contribution in [2.24, 2.45) is 5.92 Å². The van der Waals surface area contributed by atoms with E-state index in [1.807, 2.05) is 6.92 Å². The van der Waals surface area contributed by atoms with Gasteiger partial charge in [0.1, 0.15) is 0 Å². The second kappa shape index (κ2) is 6.87. The minimum Gasteiger partial charge on any atom is -0.379 e. The van der Waals surface area contributed by atoms with E-state index >= 15 is 0 Å². The number of ether oxygens (including phenoxy) is 1. The van der Waals surface area contributed by atoms with E-state index in [2.05, 4.69) is 27.5 Å². The van der Waals surface area contributed by atoms with Gasteiger partial charge >= 0.3 is 0 Å². The van der Waals surface area contributed by atoms with E-state index < -0.39 is 0 Å². The van der Waals surface area contributed by atoms with E-state index in [1.54, 1.807) is 11.3 Å². The van der Waals surface area contributed by atoms with Gasteiger partial charge in [0.05, 0.1) is 19.1 Å². The van der Waals surface area contributed by atoms with Gasteiger partial charge in [-0.2, -0.15) is 11.3 Å². The Hall–Kier alpha value is -0.910.